The van der Waals surface area contributed by atoms with Crippen LogP contribution in [0, 0.1) is 6.92 Å². The van der Waals surface area contributed by atoms with E-state index >= 15 is 0 Å². The van der Waals surface area contributed by atoms with Crippen molar-refractivity contribution in [3.8, 4) is 0 Å². The molecule has 2 rings (SSSR count). The number of imidazole rings is 1. The van der Waals surface area contributed by atoms with Gasteiger partial charge in [0.05, 0.1) is 6.04 Å². The fourth-order valence-electron chi connectivity index (χ4n) is 1.86. The van der Waals surface area contributed by atoms with Crippen molar-refractivity contribution in [2.75, 3.05) is 13.6 Å². The van der Waals surface area contributed by atoms with E-state index < -0.39 is 0 Å². The van der Waals surface area contributed by atoms with E-state index in [2.05, 4.69) is 21.9 Å². The third-order valence-electron chi connectivity index (χ3n) is 2.56. The Labute approximate surface area is 72.8 Å². The first kappa shape index (κ1) is 7.80. The summed E-state index contributed by atoms with van der Waals surface area (Å²) >= 11 is 0. The van der Waals surface area contributed by atoms with Crippen LogP contribution in [0.25, 0.3) is 0 Å². The van der Waals surface area contributed by atoms with Gasteiger partial charge in [0.1, 0.15) is 5.82 Å². The molecule has 2 heterocycles. The van der Waals surface area contributed by atoms with Crippen molar-refractivity contribution in [2.24, 2.45) is 0 Å². The molecule has 12 heavy (non-hydrogen) atoms. The normalized spacial score (nSPS) is 25.0. The maximum Gasteiger partial charge on any atom is 0.123 e. The van der Waals surface area contributed by atoms with E-state index in [1.807, 2.05) is 13.1 Å². The Morgan fingerprint density at radius 1 is 1.67 bits per heavy atom. The van der Waals surface area contributed by atoms with Gasteiger partial charge in [0, 0.05) is 11.9 Å². The number of nitrogens with one attached hydrogen (secondary N) is 1. The van der Waals surface area contributed by atoms with Crippen molar-refractivity contribution in [3.05, 3.63) is 17.7 Å². The minimum atomic E-state index is 0.527. The number of H-pyrrole nitrogens is 1. The lowest BCUT2D eigenvalue weighted by Crippen LogP contribution is -2.18. The van der Waals surface area contributed by atoms with Crippen molar-refractivity contribution in [3.63, 3.8) is 0 Å². The van der Waals surface area contributed by atoms with Crippen LogP contribution in [0.2, 0.25) is 0 Å². The summed E-state index contributed by atoms with van der Waals surface area (Å²) in [4.78, 5) is 10.0. The predicted octanol–water partition coefficient (Wildman–Crippen LogP) is 1.48. The minimum absolute atomic E-state index is 0.527. The van der Waals surface area contributed by atoms with Gasteiger partial charge in [-0.25, -0.2) is 4.98 Å². The van der Waals surface area contributed by atoms with E-state index in [-0.39, 0.29) is 0 Å². The van der Waals surface area contributed by atoms with Crippen LogP contribution >= 0.6 is 0 Å². The second kappa shape index (κ2) is 2.90. The highest BCUT2D eigenvalue weighted by Gasteiger charge is 2.24. The highest BCUT2D eigenvalue weighted by Crippen LogP contribution is 2.27. The Kier molecular flexibility index (Phi) is 1.89. The van der Waals surface area contributed by atoms with Gasteiger partial charge in [-0.2, -0.15) is 0 Å². The van der Waals surface area contributed by atoms with E-state index in [1.54, 1.807) is 0 Å². The lowest BCUT2D eigenvalue weighted by molar-refractivity contribution is 0.307. The molecule has 0 bridgehead atoms. The van der Waals surface area contributed by atoms with Crippen LogP contribution in [0.1, 0.15) is 30.4 Å². The van der Waals surface area contributed by atoms with Gasteiger partial charge in [0.15, 0.2) is 0 Å². The van der Waals surface area contributed by atoms with E-state index in [4.69, 9.17) is 0 Å². The molecule has 1 aromatic heterocycles. The van der Waals surface area contributed by atoms with Gasteiger partial charge in [0.25, 0.3) is 0 Å². The molecule has 0 spiro atoms. The maximum absolute atomic E-state index is 4.35. The molecular formula is C9H15N3. The van der Waals surface area contributed by atoms with Crippen LogP contribution in [0.3, 0.4) is 0 Å². The topological polar surface area (TPSA) is 31.9 Å². The summed E-state index contributed by atoms with van der Waals surface area (Å²) in [7, 11) is 2.16. The Balaban J connectivity index is 2.19. The number of hydrogen-bond donors (Lipinski definition) is 1. The van der Waals surface area contributed by atoms with Crippen molar-refractivity contribution in [2.45, 2.75) is 25.8 Å². The van der Waals surface area contributed by atoms with Crippen LogP contribution in [0.15, 0.2) is 6.20 Å². The molecule has 1 aliphatic rings. The molecule has 1 aromatic rings. The van der Waals surface area contributed by atoms with Crippen molar-refractivity contribution < 1.29 is 0 Å². The van der Waals surface area contributed by atoms with Crippen LogP contribution in [-0.4, -0.2) is 28.5 Å². The fraction of sp³-hybridized carbons (Fsp3) is 0.667. The molecule has 3 nitrogen and oxygen atoms in total. The highest BCUT2D eigenvalue weighted by molar-refractivity contribution is 5.04. The first-order valence-corrected chi connectivity index (χ1v) is 4.49. The highest BCUT2D eigenvalue weighted by atomic mass is 15.2. The van der Waals surface area contributed by atoms with Gasteiger partial charge in [-0.15, -0.1) is 0 Å². The molecule has 1 saturated heterocycles. The van der Waals surface area contributed by atoms with E-state index in [1.165, 1.54) is 19.4 Å². The van der Waals surface area contributed by atoms with Crippen molar-refractivity contribution in [1.29, 1.82) is 0 Å². The lowest BCUT2D eigenvalue weighted by Gasteiger charge is -2.16. The number of aromatic amines is 1. The summed E-state index contributed by atoms with van der Waals surface area (Å²) in [6.45, 7) is 3.25. The summed E-state index contributed by atoms with van der Waals surface area (Å²) in [6, 6.07) is 0.527. The Hall–Kier alpha value is -0.830. The summed E-state index contributed by atoms with van der Waals surface area (Å²) in [5.41, 5.74) is 1.16. The molecule has 3 heteroatoms. The molecule has 66 valence electrons. The van der Waals surface area contributed by atoms with Gasteiger partial charge in [-0.05, 0) is 33.4 Å². The predicted molar refractivity (Wildman–Crippen MR) is 47.9 cm³/mol. The number of hydrogen-bond acceptors (Lipinski definition) is 2. The molecule has 1 N–H and O–H groups in total. The van der Waals surface area contributed by atoms with Gasteiger partial charge < -0.3 is 4.98 Å². The number of aromatic nitrogens is 2. The molecule has 1 fully saturated rings. The Bertz CT molecular complexity index is 266. The number of aryl methyl sites for hydroxylation is 1. The molecule has 0 radical (unpaired) electrons. The Morgan fingerprint density at radius 3 is 3.00 bits per heavy atom. The van der Waals surface area contributed by atoms with Gasteiger partial charge in [-0.3, -0.25) is 4.90 Å². The summed E-state index contributed by atoms with van der Waals surface area (Å²) in [6.07, 6.45) is 4.44. The monoisotopic (exact) mass is 165 g/mol. The average molecular weight is 165 g/mol. The molecule has 0 aromatic carbocycles. The largest absolute Gasteiger partial charge is 0.345 e. The average Bonchev–Trinajstić information content (AvgIpc) is 2.58. The SMILES string of the molecule is Cc1cnc([C@@H]2CCCN2C)[nH]1. The van der Waals surface area contributed by atoms with Gasteiger partial charge >= 0.3 is 0 Å². The lowest BCUT2D eigenvalue weighted by atomic mass is 10.2. The molecule has 0 unspecified atom stereocenters. The van der Waals surface area contributed by atoms with Gasteiger partial charge in [0.2, 0.25) is 0 Å². The zero-order valence-corrected chi connectivity index (χ0v) is 7.67. The molecule has 0 aliphatic carbocycles. The molecule has 1 aliphatic heterocycles. The molecular weight excluding hydrogens is 150 g/mol. The van der Waals surface area contributed by atoms with Crippen LogP contribution < -0.4 is 0 Å². The third-order valence-corrected chi connectivity index (χ3v) is 2.56. The third kappa shape index (κ3) is 1.25. The quantitative estimate of drug-likeness (QED) is 0.683. The van der Waals surface area contributed by atoms with Crippen LogP contribution in [-0.2, 0) is 0 Å². The van der Waals surface area contributed by atoms with Crippen molar-refractivity contribution >= 4 is 0 Å². The first-order chi connectivity index (χ1) is 5.77. The van der Waals surface area contributed by atoms with E-state index in [0.29, 0.717) is 6.04 Å². The summed E-state index contributed by atoms with van der Waals surface area (Å²) in [5.74, 6) is 1.13. The summed E-state index contributed by atoms with van der Waals surface area (Å²) in [5, 5.41) is 0. The fourth-order valence-corrected chi connectivity index (χ4v) is 1.86. The second-order valence-corrected chi connectivity index (χ2v) is 3.59. The van der Waals surface area contributed by atoms with E-state index in [9.17, 15) is 0 Å². The standard InChI is InChI=1S/C9H15N3/c1-7-6-10-9(11-7)8-4-3-5-12(8)2/h6,8H,3-5H2,1-2H3,(H,10,11)/t8-/m0/s1. The van der Waals surface area contributed by atoms with Crippen molar-refractivity contribution in [1.82, 2.24) is 14.9 Å². The zero-order chi connectivity index (χ0) is 8.55. The summed E-state index contributed by atoms with van der Waals surface area (Å²) < 4.78 is 0. The maximum atomic E-state index is 4.35. The minimum Gasteiger partial charge on any atom is -0.345 e. The van der Waals surface area contributed by atoms with E-state index in [0.717, 1.165) is 11.5 Å². The van der Waals surface area contributed by atoms with Gasteiger partial charge in [-0.1, -0.05) is 0 Å². The second-order valence-electron chi connectivity index (χ2n) is 3.59. The van der Waals surface area contributed by atoms with Crippen LogP contribution in [0.5, 0.6) is 0 Å². The number of likely N-dealkylation sites (tertiary alicyclic amines) is 1. The molecule has 1 atom stereocenters. The van der Waals surface area contributed by atoms with Crippen LogP contribution in [0.4, 0.5) is 0 Å². The Morgan fingerprint density at radius 2 is 2.50 bits per heavy atom. The molecule has 0 saturated carbocycles. The molecule has 0 amide bonds. The zero-order valence-electron chi connectivity index (χ0n) is 7.67. The number of rotatable bonds is 1. The number of nitrogens with zero attached hydrogens (tertiary/aromatic N) is 2. The first-order valence-electron chi connectivity index (χ1n) is 4.49. The smallest absolute Gasteiger partial charge is 0.123 e.